The van der Waals surface area contributed by atoms with E-state index in [-0.39, 0.29) is 27.9 Å². The number of amides is 1. The Hall–Kier alpha value is -3.45. The first-order chi connectivity index (χ1) is 15.5. The molecule has 33 heavy (non-hydrogen) atoms. The molecular weight excluding hydrogens is 478 g/mol. The molecule has 0 aliphatic heterocycles. The summed E-state index contributed by atoms with van der Waals surface area (Å²) in [4.78, 5) is 12.1. The maximum Gasteiger partial charge on any atom is 2.00 e. The second kappa shape index (κ2) is 12.6. The SMILES string of the molecule is Cc1ccc(S(=O)(=O)Nc2ccccc2C=NNC(=O)c2ccc[cH-]2)cc1.[Fe+2].c1cc[cH-]c1. The molecule has 1 amide bonds. The molecule has 0 atom stereocenters. The molecule has 0 heterocycles. The van der Waals surface area contributed by atoms with Crippen LogP contribution in [0.3, 0.4) is 0 Å². The van der Waals surface area contributed by atoms with Gasteiger partial charge in [0.25, 0.3) is 10.0 Å². The minimum Gasteiger partial charge on any atom is -0.326 e. The van der Waals surface area contributed by atoms with E-state index < -0.39 is 10.0 Å². The molecule has 0 fully saturated rings. The van der Waals surface area contributed by atoms with E-state index in [0.717, 1.165) is 5.56 Å². The molecule has 0 aliphatic rings. The van der Waals surface area contributed by atoms with E-state index in [0.29, 0.717) is 16.8 Å². The van der Waals surface area contributed by atoms with Crippen molar-refractivity contribution in [1.29, 1.82) is 0 Å². The van der Waals surface area contributed by atoms with Gasteiger partial charge in [0.05, 0.1) is 16.8 Å². The predicted molar refractivity (Wildman–Crippen MR) is 128 cm³/mol. The minimum atomic E-state index is -3.73. The van der Waals surface area contributed by atoms with Crippen molar-refractivity contribution in [3.05, 3.63) is 120 Å². The van der Waals surface area contributed by atoms with Crippen LogP contribution in [0.25, 0.3) is 0 Å². The van der Waals surface area contributed by atoms with Crippen LogP contribution in [0.4, 0.5) is 5.69 Å². The molecule has 0 radical (unpaired) electrons. The van der Waals surface area contributed by atoms with Crippen LogP contribution in [0.15, 0.2) is 113 Å². The summed E-state index contributed by atoms with van der Waals surface area (Å²) in [6, 6.07) is 30.2. The molecule has 0 aliphatic carbocycles. The summed E-state index contributed by atoms with van der Waals surface area (Å²) in [6.07, 6.45) is 1.40. The number of rotatable bonds is 6. The second-order valence-electron chi connectivity index (χ2n) is 6.84. The van der Waals surface area contributed by atoms with E-state index in [1.54, 1.807) is 72.8 Å². The molecule has 2 N–H and O–H groups in total. The van der Waals surface area contributed by atoms with Crippen LogP contribution in [0.2, 0.25) is 0 Å². The zero-order chi connectivity index (χ0) is 22.8. The van der Waals surface area contributed by atoms with Gasteiger partial charge in [0, 0.05) is 5.56 Å². The van der Waals surface area contributed by atoms with Crippen LogP contribution in [-0.2, 0) is 27.1 Å². The molecule has 0 aromatic heterocycles. The van der Waals surface area contributed by atoms with Gasteiger partial charge in [-0.2, -0.15) is 41.5 Å². The van der Waals surface area contributed by atoms with Crippen molar-refractivity contribution in [2.45, 2.75) is 11.8 Å². The monoisotopic (exact) mass is 501 g/mol. The number of anilines is 1. The van der Waals surface area contributed by atoms with Crippen molar-refractivity contribution >= 4 is 27.8 Å². The topological polar surface area (TPSA) is 87.6 Å². The number of aryl methyl sites for hydroxylation is 1. The summed E-state index contributed by atoms with van der Waals surface area (Å²) in [7, 11) is -3.73. The molecule has 170 valence electrons. The van der Waals surface area contributed by atoms with Crippen molar-refractivity contribution in [2.24, 2.45) is 5.10 Å². The summed E-state index contributed by atoms with van der Waals surface area (Å²) in [5.41, 5.74) is 4.78. The van der Waals surface area contributed by atoms with Gasteiger partial charge in [-0.15, -0.1) is 6.07 Å². The van der Waals surface area contributed by atoms with Gasteiger partial charge >= 0.3 is 17.1 Å². The summed E-state index contributed by atoms with van der Waals surface area (Å²) in [6.45, 7) is 1.89. The van der Waals surface area contributed by atoms with Crippen LogP contribution in [-0.4, -0.2) is 20.5 Å². The number of hydrazone groups is 1. The Morgan fingerprint density at radius 2 is 1.61 bits per heavy atom. The number of carbonyl (C=O) groups excluding carboxylic acids is 1. The Morgan fingerprint density at radius 1 is 0.909 bits per heavy atom. The fraction of sp³-hybridized carbons (Fsp3) is 0.0400. The second-order valence-corrected chi connectivity index (χ2v) is 8.52. The predicted octanol–water partition coefficient (Wildman–Crippen LogP) is 4.68. The largest absolute Gasteiger partial charge is 2.00 e. The van der Waals surface area contributed by atoms with Crippen molar-refractivity contribution in [3.8, 4) is 0 Å². The molecule has 0 saturated carbocycles. The maximum atomic E-state index is 12.6. The number of para-hydroxylation sites is 1. The summed E-state index contributed by atoms with van der Waals surface area (Å²) in [5.74, 6) is -0.339. The zero-order valence-electron chi connectivity index (χ0n) is 17.8. The third-order valence-corrected chi connectivity index (χ3v) is 5.77. The van der Waals surface area contributed by atoms with E-state index in [2.05, 4.69) is 15.2 Å². The Morgan fingerprint density at radius 3 is 2.21 bits per heavy atom. The first-order valence-corrected chi connectivity index (χ1v) is 11.3. The van der Waals surface area contributed by atoms with Gasteiger partial charge in [-0.1, -0.05) is 41.5 Å². The molecule has 0 bridgehead atoms. The molecule has 0 saturated heterocycles. The fourth-order valence-electron chi connectivity index (χ4n) is 2.69. The van der Waals surface area contributed by atoms with Crippen LogP contribution < -0.4 is 10.1 Å². The first kappa shape index (κ1) is 25.8. The Labute approximate surface area is 204 Å². The third kappa shape index (κ3) is 7.88. The number of carbonyl (C=O) groups is 1. The van der Waals surface area contributed by atoms with Crippen molar-refractivity contribution < 1.29 is 30.3 Å². The number of benzene rings is 2. The number of hydrogen-bond acceptors (Lipinski definition) is 4. The smallest absolute Gasteiger partial charge is 0.326 e. The van der Waals surface area contributed by atoms with Gasteiger partial charge in [0.2, 0.25) is 0 Å². The van der Waals surface area contributed by atoms with Crippen LogP contribution in [0.5, 0.6) is 0 Å². The van der Waals surface area contributed by atoms with Gasteiger partial charge in [0.15, 0.2) is 5.91 Å². The molecule has 0 spiro atoms. The van der Waals surface area contributed by atoms with Gasteiger partial charge in [0.1, 0.15) is 0 Å². The van der Waals surface area contributed by atoms with Crippen LogP contribution in [0.1, 0.15) is 21.5 Å². The van der Waals surface area contributed by atoms with E-state index in [1.165, 1.54) is 6.21 Å². The Bertz CT molecular complexity index is 1230. The van der Waals surface area contributed by atoms with Crippen molar-refractivity contribution in [1.82, 2.24) is 5.43 Å². The fourth-order valence-corrected chi connectivity index (χ4v) is 3.78. The average molecular weight is 501 g/mol. The number of nitrogens with one attached hydrogen (secondary N) is 2. The normalized spacial score (nSPS) is 10.6. The van der Waals surface area contributed by atoms with Gasteiger partial charge < -0.3 is 4.79 Å². The molecule has 6 nitrogen and oxygen atoms in total. The van der Waals surface area contributed by atoms with E-state index in [1.807, 2.05) is 37.3 Å². The standard InChI is InChI=1S/C20H18N3O3S.C5H5.Fe/c1-15-10-12-18(13-11-15)27(25,26)23-19-9-5-4-8-17(19)14-21-22-20(24)16-6-2-3-7-16;1-2-4-5-3-1;/h2-14,23H,1H3,(H,22,24);1-5H;/q2*-1;+2. The van der Waals surface area contributed by atoms with Crippen molar-refractivity contribution in [2.75, 3.05) is 4.72 Å². The summed E-state index contributed by atoms with van der Waals surface area (Å²) >= 11 is 0. The van der Waals surface area contributed by atoms with E-state index >= 15 is 0 Å². The summed E-state index contributed by atoms with van der Waals surface area (Å²) < 4.78 is 27.7. The molecule has 0 unspecified atom stereocenters. The van der Waals surface area contributed by atoms with Gasteiger partial charge in [-0.3, -0.25) is 10.1 Å². The quantitative estimate of drug-likeness (QED) is 0.174. The van der Waals surface area contributed by atoms with E-state index in [4.69, 9.17) is 0 Å². The van der Waals surface area contributed by atoms with Crippen molar-refractivity contribution in [3.63, 3.8) is 0 Å². The Balaban J connectivity index is 0.000000568. The average Bonchev–Trinajstić information content (AvgIpc) is 3.52. The zero-order valence-corrected chi connectivity index (χ0v) is 19.7. The summed E-state index contributed by atoms with van der Waals surface area (Å²) in [5, 5.41) is 3.91. The number of sulfonamides is 1. The van der Waals surface area contributed by atoms with Gasteiger partial charge in [-0.05, 0) is 25.1 Å². The maximum absolute atomic E-state index is 12.6. The minimum absolute atomic E-state index is 0. The van der Waals surface area contributed by atoms with Crippen LogP contribution in [0, 0.1) is 6.92 Å². The molecule has 4 aromatic carbocycles. The molecule has 4 aromatic rings. The first-order valence-electron chi connectivity index (χ1n) is 9.86. The third-order valence-electron chi connectivity index (χ3n) is 4.39. The number of nitrogens with zero attached hydrogens (tertiary/aromatic N) is 1. The molecule has 8 heteroatoms. The van der Waals surface area contributed by atoms with Crippen LogP contribution >= 0.6 is 0 Å². The Kier molecular flexibility index (Phi) is 9.82. The van der Waals surface area contributed by atoms with Gasteiger partial charge in [-0.25, -0.2) is 20.6 Å². The van der Waals surface area contributed by atoms with E-state index in [9.17, 15) is 13.2 Å². The number of hydrogen-bond donors (Lipinski definition) is 2. The molecule has 4 rings (SSSR count). The molecular formula is C25H23FeN3O3S.